The zero-order chi connectivity index (χ0) is 12.4. The minimum atomic E-state index is -0.658. The molecule has 0 amide bonds. The van der Waals surface area contributed by atoms with Crippen molar-refractivity contribution in [3.05, 3.63) is 57.3 Å². The second kappa shape index (κ2) is 4.75. The minimum absolute atomic E-state index is 0.0187. The Hall–Kier alpha value is -1.55. The van der Waals surface area contributed by atoms with Gasteiger partial charge in [0.2, 0.25) is 0 Å². The molecular formula is C13H10F2OS. The molecule has 0 saturated carbocycles. The third-order valence-electron chi connectivity index (χ3n) is 2.34. The predicted octanol–water partition coefficient (Wildman–Crippen LogP) is 3.76. The summed E-state index contributed by atoms with van der Waals surface area (Å²) in [6.45, 7) is 1.91. The van der Waals surface area contributed by atoms with Gasteiger partial charge in [-0.25, -0.2) is 8.78 Å². The number of benzene rings is 1. The van der Waals surface area contributed by atoms with E-state index in [4.69, 9.17) is 0 Å². The molecule has 1 aromatic heterocycles. The maximum absolute atomic E-state index is 12.9. The summed E-state index contributed by atoms with van der Waals surface area (Å²) in [6, 6.07) is 4.94. The lowest BCUT2D eigenvalue weighted by atomic mass is 10.0. The molecule has 0 bridgehead atoms. The Labute approximate surface area is 102 Å². The second-order valence-corrected chi connectivity index (χ2v) is 4.94. The van der Waals surface area contributed by atoms with Gasteiger partial charge in [0.1, 0.15) is 11.6 Å². The van der Waals surface area contributed by atoms with E-state index in [1.807, 2.05) is 6.92 Å². The quantitative estimate of drug-likeness (QED) is 0.760. The van der Waals surface area contributed by atoms with Crippen molar-refractivity contribution >= 4 is 17.1 Å². The average Bonchev–Trinajstić information content (AvgIpc) is 2.63. The highest BCUT2D eigenvalue weighted by Gasteiger charge is 2.10. The van der Waals surface area contributed by atoms with Crippen molar-refractivity contribution < 1.29 is 13.6 Å². The first-order valence-corrected chi connectivity index (χ1v) is 5.96. The molecule has 2 rings (SSSR count). The van der Waals surface area contributed by atoms with E-state index in [0.717, 1.165) is 10.9 Å². The fraction of sp³-hybridized carbons (Fsp3) is 0.154. The monoisotopic (exact) mass is 252 g/mol. The summed E-state index contributed by atoms with van der Waals surface area (Å²) in [5, 5.41) is 1.76. The molecule has 2 aromatic rings. The summed E-state index contributed by atoms with van der Waals surface area (Å²) in [5.74, 6) is -1.44. The Morgan fingerprint density at radius 1 is 1.18 bits per heavy atom. The van der Waals surface area contributed by atoms with Crippen LogP contribution in [0.5, 0.6) is 0 Å². The highest BCUT2D eigenvalue weighted by molar-refractivity contribution is 7.10. The topological polar surface area (TPSA) is 17.1 Å². The Morgan fingerprint density at radius 3 is 2.35 bits per heavy atom. The molecule has 0 aliphatic rings. The van der Waals surface area contributed by atoms with E-state index in [0.29, 0.717) is 11.1 Å². The van der Waals surface area contributed by atoms with E-state index in [-0.39, 0.29) is 12.2 Å². The third kappa shape index (κ3) is 2.97. The molecule has 88 valence electrons. The van der Waals surface area contributed by atoms with E-state index in [2.05, 4.69) is 0 Å². The predicted molar refractivity (Wildman–Crippen MR) is 63.4 cm³/mol. The van der Waals surface area contributed by atoms with Crippen molar-refractivity contribution in [3.8, 4) is 0 Å². The zero-order valence-electron chi connectivity index (χ0n) is 9.17. The van der Waals surface area contributed by atoms with Crippen LogP contribution in [0.25, 0.3) is 0 Å². The van der Waals surface area contributed by atoms with Crippen molar-refractivity contribution in [1.82, 2.24) is 0 Å². The molecule has 0 N–H and O–H groups in total. The fourth-order valence-corrected chi connectivity index (χ4v) is 2.30. The number of Topliss-reactive ketones (excluding diaryl/α,β-unsaturated/α-hetero) is 1. The van der Waals surface area contributed by atoms with Crippen LogP contribution in [0.15, 0.2) is 29.6 Å². The van der Waals surface area contributed by atoms with E-state index >= 15 is 0 Å². The number of carbonyl (C=O) groups excluding carboxylic acids is 1. The van der Waals surface area contributed by atoms with Crippen LogP contribution in [0, 0.1) is 18.6 Å². The lowest BCUT2D eigenvalue weighted by molar-refractivity contribution is 0.0993. The van der Waals surface area contributed by atoms with Gasteiger partial charge in [0, 0.05) is 28.3 Å². The molecule has 0 radical (unpaired) electrons. The number of hydrogen-bond donors (Lipinski definition) is 0. The lowest BCUT2D eigenvalue weighted by Gasteiger charge is -2.00. The van der Waals surface area contributed by atoms with E-state index < -0.39 is 11.6 Å². The van der Waals surface area contributed by atoms with Crippen molar-refractivity contribution in [1.29, 1.82) is 0 Å². The molecule has 0 atom stereocenters. The highest BCUT2D eigenvalue weighted by atomic mass is 32.1. The van der Waals surface area contributed by atoms with Gasteiger partial charge in [-0.2, -0.15) is 0 Å². The van der Waals surface area contributed by atoms with E-state index in [1.165, 1.54) is 23.5 Å². The molecule has 0 aliphatic carbocycles. The molecule has 1 heterocycles. The largest absolute Gasteiger partial charge is 0.294 e. The molecule has 0 aliphatic heterocycles. The number of halogens is 2. The Bertz CT molecular complexity index is 540. The van der Waals surface area contributed by atoms with Gasteiger partial charge in [-0.15, -0.1) is 11.3 Å². The normalized spacial score (nSPS) is 10.5. The first-order valence-electron chi connectivity index (χ1n) is 5.08. The summed E-state index contributed by atoms with van der Waals surface area (Å²) in [7, 11) is 0. The standard InChI is InChI=1S/C13H10F2OS/c1-8-2-10(7-17-8)13(16)5-9-3-11(14)6-12(15)4-9/h2-4,6-7H,5H2,1H3. The second-order valence-electron chi connectivity index (χ2n) is 3.82. The number of thiophene rings is 1. The number of carbonyl (C=O) groups is 1. The van der Waals surface area contributed by atoms with Gasteiger partial charge < -0.3 is 0 Å². The summed E-state index contributed by atoms with van der Waals surface area (Å²) >= 11 is 1.48. The van der Waals surface area contributed by atoms with Crippen molar-refractivity contribution in [3.63, 3.8) is 0 Å². The van der Waals surface area contributed by atoms with Gasteiger partial charge in [-0.1, -0.05) is 0 Å². The third-order valence-corrected chi connectivity index (χ3v) is 3.20. The van der Waals surface area contributed by atoms with Crippen molar-refractivity contribution in [2.75, 3.05) is 0 Å². The summed E-state index contributed by atoms with van der Waals surface area (Å²) < 4.78 is 25.9. The van der Waals surface area contributed by atoms with E-state index in [1.54, 1.807) is 11.4 Å². The first-order chi connectivity index (χ1) is 8.04. The smallest absolute Gasteiger partial charge is 0.168 e. The van der Waals surface area contributed by atoms with Crippen LogP contribution < -0.4 is 0 Å². The van der Waals surface area contributed by atoms with Gasteiger partial charge >= 0.3 is 0 Å². The molecule has 0 spiro atoms. The van der Waals surface area contributed by atoms with Gasteiger partial charge in [0.05, 0.1) is 0 Å². The maximum atomic E-state index is 12.9. The molecule has 1 aromatic carbocycles. The van der Waals surface area contributed by atoms with Crippen LogP contribution in [0.3, 0.4) is 0 Å². The number of aryl methyl sites for hydroxylation is 1. The van der Waals surface area contributed by atoms with Gasteiger partial charge in [0.25, 0.3) is 0 Å². The molecule has 0 unspecified atom stereocenters. The first kappa shape index (κ1) is 11.9. The molecule has 0 saturated heterocycles. The van der Waals surface area contributed by atoms with Crippen LogP contribution in [0.4, 0.5) is 8.78 Å². The minimum Gasteiger partial charge on any atom is -0.294 e. The number of ketones is 1. The van der Waals surface area contributed by atoms with Gasteiger partial charge in [0.15, 0.2) is 5.78 Å². The Morgan fingerprint density at radius 2 is 1.82 bits per heavy atom. The van der Waals surface area contributed by atoms with Crippen LogP contribution in [0.1, 0.15) is 20.8 Å². The Balaban J connectivity index is 2.18. The summed E-state index contributed by atoms with van der Waals surface area (Å²) in [6.07, 6.45) is 0.0187. The van der Waals surface area contributed by atoms with Gasteiger partial charge in [-0.05, 0) is 30.7 Å². The van der Waals surface area contributed by atoms with Crippen molar-refractivity contribution in [2.45, 2.75) is 13.3 Å². The van der Waals surface area contributed by atoms with Crippen LogP contribution in [0.2, 0.25) is 0 Å². The fourth-order valence-electron chi connectivity index (χ4n) is 1.59. The molecule has 1 nitrogen and oxygen atoms in total. The average molecular weight is 252 g/mol. The lowest BCUT2D eigenvalue weighted by Crippen LogP contribution is -2.02. The van der Waals surface area contributed by atoms with Crippen LogP contribution in [-0.4, -0.2) is 5.78 Å². The zero-order valence-corrected chi connectivity index (χ0v) is 9.98. The number of rotatable bonds is 3. The Kier molecular flexibility index (Phi) is 3.33. The number of hydrogen-bond acceptors (Lipinski definition) is 2. The maximum Gasteiger partial charge on any atom is 0.168 e. The molecule has 4 heteroatoms. The van der Waals surface area contributed by atoms with Crippen molar-refractivity contribution in [2.24, 2.45) is 0 Å². The molecule has 17 heavy (non-hydrogen) atoms. The SMILES string of the molecule is Cc1cc(C(=O)Cc2cc(F)cc(F)c2)cs1. The molecule has 0 fully saturated rings. The van der Waals surface area contributed by atoms with Gasteiger partial charge in [-0.3, -0.25) is 4.79 Å². The summed E-state index contributed by atoms with van der Waals surface area (Å²) in [5.41, 5.74) is 0.952. The van der Waals surface area contributed by atoms with Crippen LogP contribution >= 0.6 is 11.3 Å². The summed E-state index contributed by atoms with van der Waals surface area (Å²) in [4.78, 5) is 12.9. The molecular weight excluding hydrogens is 242 g/mol. The van der Waals surface area contributed by atoms with Crippen LogP contribution in [-0.2, 0) is 6.42 Å². The van der Waals surface area contributed by atoms with E-state index in [9.17, 15) is 13.6 Å². The highest BCUT2D eigenvalue weighted by Crippen LogP contribution is 2.16.